The van der Waals surface area contributed by atoms with Crippen LogP contribution in [0, 0.1) is 13.8 Å². The first-order valence-electron chi connectivity index (χ1n) is 8.42. The van der Waals surface area contributed by atoms with E-state index in [9.17, 15) is 8.42 Å². The van der Waals surface area contributed by atoms with E-state index in [-0.39, 0.29) is 11.9 Å². The average Bonchev–Trinajstić information content (AvgIpc) is 2.55. The summed E-state index contributed by atoms with van der Waals surface area (Å²) >= 11 is 0. The number of benzene rings is 1. The van der Waals surface area contributed by atoms with Crippen LogP contribution in [0.2, 0.25) is 0 Å². The van der Waals surface area contributed by atoms with Gasteiger partial charge in [-0.2, -0.15) is 4.98 Å². The predicted molar refractivity (Wildman–Crippen MR) is 95.8 cm³/mol. The molecule has 1 aliphatic heterocycles. The van der Waals surface area contributed by atoms with Crippen molar-refractivity contribution >= 4 is 10.0 Å². The molecule has 0 saturated carbocycles. The van der Waals surface area contributed by atoms with Crippen LogP contribution in [0.3, 0.4) is 0 Å². The molecule has 6 nitrogen and oxygen atoms in total. The van der Waals surface area contributed by atoms with E-state index in [4.69, 9.17) is 4.74 Å². The Bertz CT molecular complexity index is 831. The molecule has 0 spiro atoms. The first-order valence-corrected chi connectivity index (χ1v) is 10.0. The van der Waals surface area contributed by atoms with E-state index in [2.05, 4.69) is 9.97 Å². The first-order chi connectivity index (χ1) is 11.9. The minimum Gasteiger partial charge on any atom is -0.474 e. The molecule has 0 aliphatic carbocycles. The number of piperidine rings is 1. The van der Waals surface area contributed by atoms with Gasteiger partial charge >= 0.3 is 0 Å². The summed E-state index contributed by atoms with van der Waals surface area (Å²) in [6.07, 6.45) is 2.98. The van der Waals surface area contributed by atoms with Crippen molar-refractivity contribution in [3.8, 4) is 5.88 Å². The van der Waals surface area contributed by atoms with Gasteiger partial charge in [0.1, 0.15) is 11.9 Å². The molecule has 0 radical (unpaired) electrons. The van der Waals surface area contributed by atoms with Crippen molar-refractivity contribution in [3.63, 3.8) is 0 Å². The van der Waals surface area contributed by atoms with E-state index >= 15 is 0 Å². The van der Waals surface area contributed by atoms with Crippen LogP contribution in [0.25, 0.3) is 0 Å². The lowest BCUT2D eigenvalue weighted by atomic mass is 10.1. The van der Waals surface area contributed by atoms with Gasteiger partial charge in [0.05, 0.1) is 5.75 Å². The summed E-state index contributed by atoms with van der Waals surface area (Å²) in [6, 6.07) is 9.37. The van der Waals surface area contributed by atoms with Crippen molar-refractivity contribution in [3.05, 3.63) is 53.5 Å². The summed E-state index contributed by atoms with van der Waals surface area (Å²) < 4.78 is 32.7. The van der Waals surface area contributed by atoms with Gasteiger partial charge < -0.3 is 4.74 Å². The van der Waals surface area contributed by atoms with Gasteiger partial charge in [-0.05, 0) is 32.3 Å². The highest BCUT2D eigenvalue weighted by atomic mass is 32.2. The summed E-state index contributed by atoms with van der Waals surface area (Å²) in [7, 11) is -3.30. The minimum absolute atomic E-state index is 0.0141. The third-order valence-electron chi connectivity index (χ3n) is 4.26. The van der Waals surface area contributed by atoms with E-state index in [1.165, 1.54) is 0 Å². The average molecular weight is 361 g/mol. The van der Waals surface area contributed by atoms with Gasteiger partial charge in [-0.25, -0.2) is 17.7 Å². The van der Waals surface area contributed by atoms with Gasteiger partial charge in [0.25, 0.3) is 0 Å². The maximum absolute atomic E-state index is 12.6. The summed E-state index contributed by atoms with van der Waals surface area (Å²) in [5, 5.41) is 0. The highest BCUT2D eigenvalue weighted by Gasteiger charge is 2.29. The normalized spacial score (nSPS) is 16.7. The number of nitrogens with zero attached hydrogens (tertiary/aromatic N) is 3. The zero-order valence-corrected chi connectivity index (χ0v) is 15.4. The second-order valence-electron chi connectivity index (χ2n) is 6.40. The van der Waals surface area contributed by atoms with E-state index in [0.29, 0.717) is 37.6 Å². The standard InChI is InChI=1S/C18H23N3O3S/c1-14-4-3-5-16(12-14)13-25(22,23)21-10-7-17(8-11-21)24-18-6-9-19-15(2)20-18/h3-6,9,12,17H,7-8,10-11,13H2,1-2H3. The Morgan fingerprint density at radius 1 is 1.20 bits per heavy atom. The van der Waals surface area contributed by atoms with Crippen molar-refractivity contribution < 1.29 is 13.2 Å². The largest absolute Gasteiger partial charge is 0.474 e. The number of rotatable bonds is 5. The summed E-state index contributed by atoms with van der Waals surface area (Å²) in [6.45, 7) is 4.73. The molecule has 1 fully saturated rings. The predicted octanol–water partition coefficient (Wildman–Crippen LogP) is 2.47. The molecule has 1 saturated heterocycles. The lowest BCUT2D eigenvalue weighted by molar-refractivity contribution is 0.129. The highest BCUT2D eigenvalue weighted by Crippen LogP contribution is 2.21. The van der Waals surface area contributed by atoms with E-state index in [1.807, 2.05) is 38.1 Å². The van der Waals surface area contributed by atoms with E-state index in [0.717, 1.165) is 11.1 Å². The van der Waals surface area contributed by atoms with Crippen LogP contribution in [-0.4, -0.2) is 41.9 Å². The fraction of sp³-hybridized carbons (Fsp3) is 0.444. The van der Waals surface area contributed by atoms with Crippen molar-refractivity contribution in [2.75, 3.05) is 13.1 Å². The molecular formula is C18H23N3O3S. The maximum Gasteiger partial charge on any atom is 0.218 e. The second-order valence-corrected chi connectivity index (χ2v) is 8.37. The molecule has 0 unspecified atom stereocenters. The molecular weight excluding hydrogens is 338 g/mol. The quantitative estimate of drug-likeness (QED) is 0.818. The van der Waals surface area contributed by atoms with Gasteiger partial charge in [-0.15, -0.1) is 0 Å². The van der Waals surface area contributed by atoms with Crippen LogP contribution in [0.5, 0.6) is 5.88 Å². The molecule has 0 amide bonds. The fourth-order valence-corrected chi connectivity index (χ4v) is 4.55. The SMILES string of the molecule is Cc1cccc(CS(=O)(=O)N2CCC(Oc3ccnc(C)n3)CC2)c1. The van der Waals surface area contributed by atoms with Crippen LogP contribution in [0.4, 0.5) is 0 Å². The van der Waals surface area contributed by atoms with Gasteiger partial charge in [0.15, 0.2) is 0 Å². The Balaban J connectivity index is 1.57. The first kappa shape index (κ1) is 17.8. The van der Waals surface area contributed by atoms with E-state index in [1.54, 1.807) is 16.6 Å². The van der Waals surface area contributed by atoms with Crippen LogP contribution in [-0.2, 0) is 15.8 Å². The van der Waals surface area contributed by atoms with Crippen LogP contribution in [0.15, 0.2) is 36.5 Å². The Morgan fingerprint density at radius 3 is 2.64 bits per heavy atom. The molecule has 1 aromatic carbocycles. The number of ether oxygens (including phenoxy) is 1. The lowest BCUT2D eigenvalue weighted by Crippen LogP contribution is -2.42. The number of aryl methyl sites for hydroxylation is 2. The second kappa shape index (κ2) is 7.49. The molecule has 25 heavy (non-hydrogen) atoms. The molecule has 2 aromatic rings. The molecule has 0 bridgehead atoms. The van der Waals surface area contributed by atoms with Crippen molar-refractivity contribution in [2.45, 2.75) is 38.5 Å². The van der Waals surface area contributed by atoms with Crippen LogP contribution >= 0.6 is 0 Å². The number of hydrogen-bond acceptors (Lipinski definition) is 5. The summed E-state index contributed by atoms with van der Waals surface area (Å²) in [5.74, 6) is 1.26. The minimum atomic E-state index is -3.30. The van der Waals surface area contributed by atoms with Crippen LogP contribution < -0.4 is 4.74 Å². The van der Waals surface area contributed by atoms with Crippen molar-refractivity contribution in [1.29, 1.82) is 0 Å². The third-order valence-corrected chi connectivity index (χ3v) is 6.11. The van der Waals surface area contributed by atoms with Gasteiger partial charge in [-0.1, -0.05) is 29.8 Å². The monoisotopic (exact) mass is 361 g/mol. The Morgan fingerprint density at radius 2 is 1.96 bits per heavy atom. The Labute approximate surface area is 148 Å². The van der Waals surface area contributed by atoms with Gasteiger partial charge in [0.2, 0.25) is 15.9 Å². The number of aromatic nitrogens is 2. The Kier molecular flexibility index (Phi) is 5.34. The van der Waals surface area contributed by atoms with Crippen LogP contribution in [0.1, 0.15) is 29.8 Å². The molecule has 1 aromatic heterocycles. The molecule has 3 rings (SSSR count). The molecule has 7 heteroatoms. The zero-order valence-electron chi connectivity index (χ0n) is 14.6. The Hall–Kier alpha value is -1.99. The lowest BCUT2D eigenvalue weighted by Gasteiger charge is -2.31. The third kappa shape index (κ3) is 4.76. The molecule has 0 N–H and O–H groups in total. The fourth-order valence-electron chi connectivity index (χ4n) is 3.00. The number of hydrogen-bond donors (Lipinski definition) is 0. The van der Waals surface area contributed by atoms with Crippen molar-refractivity contribution in [1.82, 2.24) is 14.3 Å². The highest BCUT2D eigenvalue weighted by molar-refractivity contribution is 7.88. The molecule has 2 heterocycles. The van der Waals surface area contributed by atoms with Gasteiger partial charge in [0, 0.05) is 25.4 Å². The van der Waals surface area contributed by atoms with E-state index < -0.39 is 10.0 Å². The molecule has 134 valence electrons. The van der Waals surface area contributed by atoms with Gasteiger partial charge in [-0.3, -0.25) is 0 Å². The number of sulfonamides is 1. The topological polar surface area (TPSA) is 72.4 Å². The zero-order chi connectivity index (χ0) is 17.9. The summed E-state index contributed by atoms with van der Waals surface area (Å²) in [5.41, 5.74) is 1.90. The van der Waals surface area contributed by atoms with Crippen molar-refractivity contribution in [2.24, 2.45) is 0 Å². The summed E-state index contributed by atoms with van der Waals surface area (Å²) in [4.78, 5) is 8.28. The smallest absolute Gasteiger partial charge is 0.218 e. The molecule has 0 atom stereocenters. The maximum atomic E-state index is 12.6. The molecule has 1 aliphatic rings.